The first-order valence-electron chi connectivity index (χ1n) is 5.36. The first kappa shape index (κ1) is 10.9. The van der Waals surface area contributed by atoms with Gasteiger partial charge in [0.1, 0.15) is 6.26 Å². The summed E-state index contributed by atoms with van der Waals surface area (Å²) in [6, 6.07) is 10.5. The summed E-state index contributed by atoms with van der Waals surface area (Å²) in [6.07, 6.45) is 2.44. The van der Waals surface area contributed by atoms with Gasteiger partial charge in [-0.15, -0.1) is 0 Å². The van der Waals surface area contributed by atoms with E-state index in [2.05, 4.69) is 48.4 Å². The smallest absolute Gasteiger partial charge is 0.124 e. The highest BCUT2D eigenvalue weighted by Crippen LogP contribution is 2.10. The number of aromatic nitrogens is 1. The van der Waals surface area contributed by atoms with Crippen molar-refractivity contribution >= 4 is 0 Å². The maximum Gasteiger partial charge on any atom is 0.124 e. The van der Waals surface area contributed by atoms with Crippen LogP contribution in [-0.2, 0) is 13.0 Å². The fourth-order valence-corrected chi connectivity index (χ4v) is 1.67. The van der Waals surface area contributed by atoms with Gasteiger partial charge in [-0.1, -0.05) is 29.4 Å². The molecule has 0 atom stereocenters. The molecule has 0 saturated carbocycles. The Balaban J connectivity index is 2.02. The monoisotopic (exact) mass is 216 g/mol. The molecule has 3 heteroatoms. The molecule has 0 aliphatic carbocycles. The summed E-state index contributed by atoms with van der Waals surface area (Å²) in [5.74, 6) is 0. The van der Waals surface area contributed by atoms with Crippen LogP contribution in [0.5, 0.6) is 0 Å². The van der Waals surface area contributed by atoms with Crippen molar-refractivity contribution in [3.8, 4) is 0 Å². The first-order valence-corrected chi connectivity index (χ1v) is 5.36. The normalized spacial score (nSPS) is 10.9. The maximum absolute atomic E-state index is 4.81. The molecule has 1 heterocycles. The van der Waals surface area contributed by atoms with E-state index in [1.54, 1.807) is 6.26 Å². The SMILES string of the molecule is CN(C)Cc1ccc(Cc2ccon2)cc1. The molecule has 3 nitrogen and oxygen atoms in total. The van der Waals surface area contributed by atoms with E-state index in [9.17, 15) is 0 Å². The zero-order valence-corrected chi connectivity index (χ0v) is 9.68. The van der Waals surface area contributed by atoms with Crippen LogP contribution in [0.25, 0.3) is 0 Å². The van der Waals surface area contributed by atoms with E-state index in [-0.39, 0.29) is 0 Å². The molecule has 1 aromatic heterocycles. The molecule has 0 spiro atoms. The summed E-state index contributed by atoms with van der Waals surface area (Å²) < 4.78 is 4.81. The molecule has 2 rings (SSSR count). The van der Waals surface area contributed by atoms with Gasteiger partial charge in [-0.25, -0.2) is 0 Å². The van der Waals surface area contributed by atoms with Gasteiger partial charge in [-0.3, -0.25) is 0 Å². The van der Waals surface area contributed by atoms with Crippen LogP contribution in [0.3, 0.4) is 0 Å². The fraction of sp³-hybridized carbons (Fsp3) is 0.308. The van der Waals surface area contributed by atoms with E-state index in [0.29, 0.717) is 0 Å². The summed E-state index contributed by atoms with van der Waals surface area (Å²) in [7, 11) is 4.15. The number of nitrogens with zero attached hydrogens (tertiary/aromatic N) is 2. The third-order valence-corrected chi connectivity index (χ3v) is 2.40. The average molecular weight is 216 g/mol. The van der Waals surface area contributed by atoms with Crippen LogP contribution in [0.15, 0.2) is 41.1 Å². The van der Waals surface area contributed by atoms with Gasteiger partial charge < -0.3 is 9.42 Å². The van der Waals surface area contributed by atoms with E-state index in [0.717, 1.165) is 18.7 Å². The highest BCUT2D eigenvalue weighted by molar-refractivity contribution is 5.25. The number of hydrogen-bond donors (Lipinski definition) is 0. The van der Waals surface area contributed by atoms with E-state index >= 15 is 0 Å². The predicted octanol–water partition coefficient (Wildman–Crippen LogP) is 2.33. The van der Waals surface area contributed by atoms with Crippen molar-refractivity contribution in [2.75, 3.05) is 14.1 Å². The Bertz CT molecular complexity index is 418. The minimum Gasteiger partial charge on any atom is -0.365 e. The van der Waals surface area contributed by atoms with Gasteiger partial charge in [0.2, 0.25) is 0 Å². The van der Waals surface area contributed by atoms with Crippen LogP contribution in [0.4, 0.5) is 0 Å². The van der Waals surface area contributed by atoms with Gasteiger partial charge in [0.25, 0.3) is 0 Å². The van der Waals surface area contributed by atoms with Crippen molar-refractivity contribution in [3.63, 3.8) is 0 Å². The summed E-state index contributed by atoms with van der Waals surface area (Å²) >= 11 is 0. The zero-order chi connectivity index (χ0) is 11.4. The number of rotatable bonds is 4. The fourth-order valence-electron chi connectivity index (χ4n) is 1.67. The van der Waals surface area contributed by atoms with Gasteiger partial charge in [0.05, 0.1) is 5.69 Å². The lowest BCUT2D eigenvalue weighted by molar-refractivity contribution is 0.402. The summed E-state index contributed by atoms with van der Waals surface area (Å²) in [4.78, 5) is 2.16. The molecule has 0 unspecified atom stereocenters. The minimum absolute atomic E-state index is 0.832. The second-order valence-electron chi connectivity index (χ2n) is 4.22. The second kappa shape index (κ2) is 4.94. The topological polar surface area (TPSA) is 29.3 Å². The van der Waals surface area contributed by atoms with E-state index in [1.807, 2.05) is 6.07 Å². The molecule has 0 N–H and O–H groups in total. The van der Waals surface area contributed by atoms with Crippen LogP contribution in [0, 0.1) is 0 Å². The van der Waals surface area contributed by atoms with Crippen molar-refractivity contribution in [3.05, 3.63) is 53.4 Å². The molecule has 0 saturated heterocycles. The molecule has 1 aromatic carbocycles. The zero-order valence-electron chi connectivity index (χ0n) is 9.68. The molecule has 0 fully saturated rings. The van der Waals surface area contributed by atoms with E-state index in [4.69, 9.17) is 4.52 Å². The Morgan fingerprint density at radius 2 is 1.75 bits per heavy atom. The number of hydrogen-bond acceptors (Lipinski definition) is 3. The second-order valence-corrected chi connectivity index (χ2v) is 4.22. The largest absolute Gasteiger partial charge is 0.365 e. The molecular formula is C13H16N2O. The molecule has 0 amide bonds. The quantitative estimate of drug-likeness (QED) is 0.785. The van der Waals surface area contributed by atoms with Gasteiger partial charge in [-0.05, 0) is 25.2 Å². The van der Waals surface area contributed by atoms with Gasteiger partial charge in [-0.2, -0.15) is 0 Å². The molecule has 0 radical (unpaired) electrons. The first-order chi connectivity index (χ1) is 7.74. The molecule has 0 aliphatic heterocycles. The summed E-state index contributed by atoms with van der Waals surface area (Å²) in [5.41, 5.74) is 3.56. The third-order valence-electron chi connectivity index (χ3n) is 2.40. The lowest BCUT2D eigenvalue weighted by Crippen LogP contribution is -2.10. The van der Waals surface area contributed by atoms with Crippen molar-refractivity contribution < 1.29 is 4.52 Å². The van der Waals surface area contributed by atoms with Crippen LogP contribution >= 0.6 is 0 Å². The standard InChI is InChI=1S/C13H16N2O/c1-15(2)10-12-5-3-11(4-6-12)9-13-7-8-16-14-13/h3-8H,9-10H2,1-2H3. The molecular weight excluding hydrogens is 200 g/mol. The molecule has 16 heavy (non-hydrogen) atoms. The summed E-state index contributed by atoms with van der Waals surface area (Å²) in [5, 5.41) is 3.90. The van der Waals surface area contributed by atoms with Crippen molar-refractivity contribution in [2.45, 2.75) is 13.0 Å². The Labute approximate surface area is 95.7 Å². The van der Waals surface area contributed by atoms with Crippen LogP contribution < -0.4 is 0 Å². The van der Waals surface area contributed by atoms with Crippen LogP contribution in [0.1, 0.15) is 16.8 Å². The predicted molar refractivity (Wildman–Crippen MR) is 63.1 cm³/mol. The van der Waals surface area contributed by atoms with Gasteiger partial charge >= 0.3 is 0 Å². The Kier molecular flexibility index (Phi) is 3.37. The molecule has 0 bridgehead atoms. The van der Waals surface area contributed by atoms with Crippen molar-refractivity contribution in [1.29, 1.82) is 0 Å². The number of benzene rings is 1. The molecule has 0 aliphatic rings. The molecule has 2 aromatic rings. The van der Waals surface area contributed by atoms with E-state index < -0.39 is 0 Å². The maximum atomic E-state index is 4.81. The average Bonchev–Trinajstić information content (AvgIpc) is 2.73. The Morgan fingerprint density at radius 1 is 1.06 bits per heavy atom. The van der Waals surface area contributed by atoms with E-state index in [1.165, 1.54) is 11.1 Å². The third kappa shape index (κ3) is 2.94. The Morgan fingerprint density at radius 3 is 2.31 bits per heavy atom. The van der Waals surface area contributed by atoms with Gasteiger partial charge in [0.15, 0.2) is 0 Å². The highest BCUT2D eigenvalue weighted by atomic mass is 16.5. The van der Waals surface area contributed by atoms with Crippen molar-refractivity contribution in [1.82, 2.24) is 10.1 Å². The van der Waals surface area contributed by atoms with Gasteiger partial charge in [0, 0.05) is 19.0 Å². The molecule has 84 valence electrons. The minimum atomic E-state index is 0.832. The van der Waals surface area contributed by atoms with Crippen molar-refractivity contribution in [2.24, 2.45) is 0 Å². The highest BCUT2D eigenvalue weighted by Gasteiger charge is 2.00. The van der Waals surface area contributed by atoms with Crippen LogP contribution in [-0.4, -0.2) is 24.2 Å². The Hall–Kier alpha value is -1.61. The lowest BCUT2D eigenvalue weighted by Gasteiger charge is -2.09. The van der Waals surface area contributed by atoms with Crippen LogP contribution in [0.2, 0.25) is 0 Å². The lowest BCUT2D eigenvalue weighted by atomic mass is 10.1. The summed E-state index contributed by atoms with van der Waals surface area (Å²) in [6.45, 7) is 0.976.